The average molecular weight is 502 g/mol. The highest BCUT2D eigenvalue weighted by molar-refractivity contribution is 8.19. The lowest BCUT2D eigenvalue weighted by molar-refractivity contribution is -0.122. The molecule has 1 amide bonds. The number of allylic oxidation sites excluding steroid dienone is 3. The van der Waals surface area contributed by atoms with Crippen LogP contribution in [0.25, 0.3) is 0 Å². The molecule has 2 aromatic carbocycles. The molecule has 4 rings (SSSR count). The van der Waals surface area contributed by atoms with Gasteiger partial charge in [0.05, 0.1) is 9.80 Å². The van der Waals surface area contributed by atoms with Crippen LogP contribution in [0.3, 0.4) is 0 Å². The highest BCUT2D eigenvalue weighted by Crippen LogP contribution is 2.46. The van der Waals surface area contributed by atoms with Gasteiger partial charge in [0.15, 0.2) is 5.17 Å². The first-order chi connectivity index (χ1) is 15.6. The second-order valence-corrected chi connectivity index (χ2v) is 11.3. The fourth-order valence-electron chi connectivity index (χ4n) is 4.09. The molecule has 0 bridgehead atoms. The van der Waals surface area contributed by atoms with Gasteiger partial charge in [0.1, 0.15) is 0 Å². The maximum atomic E-state index is 13.0. The van der Waals surface area contributed by atoms with Crippen LogP contribution in [-0.2, 0) is 20.2 Å². The van der Waals surface area contributed by atoms with Crippen LogP contribution >= 0.6 is 23.4 Å². The molecule has 0 radical (unpaired) electrons. The molecule has 0 unspecified atom stereocenters. The number of para-hydroxylation sites is 1. The molecule has 2 aromatic rings. The molecule has 0 saturated carbocycles. The molecule has 1 fully saturated rings. The number of rotatable bonds is 4. The van der Waals surface area contributed by atoms with Crippen LogP contribution < -0.4 is 4.90 Å². The van der Waals surface area contributed by atoms with E-state index in [1.807, 2.05) is 25.3 Å². The molecule has 172 valence electrons. The van der Waals surface area contributed by atoms with Crippen molar-refractivity contribution in [2.24, 2.45) is 4.40 Å². The van der Waals surface area contributed by atoms with Crippen molar-refractivity contribution in [1.29, 1.82) is 0 Å². The molecule has 9 heteroatoms. The number of sulfonamides is 1. The van der Waals surface area contributed by atoms with E-state index in [2.05, 4.69) is 35.3 Å². The second-order valence-electron chi connectivity index (χ2n) is 8.24. The van der Waals surface area contributed by atoms with Crippen molar-refractivity contribution in [1.82, 2.24) is 4.90 Å². The first kappa shape index (κ1) is 23.6. The number of thioether (sulfide) groups is 1. The van der Waals surface area contributed by atoms with E-state index in [4.69, 9.17) is 11.6 Å². The van der Waals surface area contributed by atoms with Crippen molar-refractivity contribution in [3.63, 3.8) is 0 Å². The number of amidine groups is 1. The van der Waals surface area contributed by atoms with Crippen molar-refractivity contribution in [3.8, 4) is 0 Å². The minimum absolute atomic E-state index is 0.0233. The van der Waals surface area contributed by atoms with E-state index < -0.39 is 10.0 Å². The average Bonchev–Trinajstić information content (AvgIpc) is 3.16. The molecule has 6 nitrogen and oxygen atoms in total. The zero-order valence-corrected chi connectivity index (χ0v) is 21.1. The summed E-state index contributed by atoms with van der Waals surface area (Å²) in [5.74, 6) is -0.264. The number of benzene rings is 2. The molecule has 0 atom stereocenters. The number of nitrogens with zero attached hydrogens (tertiary/aromatic N) is 3. The van der Waals surface area contributed by atoms with E-state index in [1.165, 1.54) is 34.7 Å². The van der Waals surface area contributed by atoms with Crippen molar-refractivity contribution < 1.29 is 13.2 Å². The van der Waals surface area contributed by atoms with Gasteiger partial charge in [-0.2, -0.15) is 8.42 Å². The molecule has 33 heavy (non-hydrogen) atoms. The van der Waals surface area contributed by atoms with Crippen LogP contribution in [0.5, 0.6) is 0 Å². The summed E-state index contributed by atoms with van der Waals surface area (Å²) >= 11 is 6.92. The smallest absolute Gasteiger partial charge is 0.284 e. The lowest BCUT2D eigenvalue weighted by atomic mass is 9.84. The third-order valence-electron chi connectivity index (χ3n) is 5.85. The summed E-state index contributed by atoms with van der Waals surface area (Å²) < 4.78 is 29.5. The monoisotopic (exact) mass is 501 g/mol. The van der Waals surface area contributed by atoms with Gasteiger partial charge in [-0.15, -0.1) is 4.40 Å². The van der Waals surface area contributed by atoms with Crippen LogP contribution in [0.15, 0.2) is 80.6 Å². The van der Waals surface area contributed by atoms with Gasteiger partial charge >= 0.3 is 0 Å². The molecule has 0 aliphatic carbocycles. The molecule has 0 aromatic heterocycles. The van der Waals surface area contributed by atoms with Crippen LogP contribution in [0.1, 0.15) is 26.3 Å². The summed E-state index contributed by atoms with van der Waals surface area (Å²) in [7, 11) is -1.98. The van der Waals surface area contributed by atoms with Crippen molar-refractivity contribution in [2.45, 2.75) is 31.1 Å². The minimum Gasteiger partial charge on any atom is -0.347 e. The summed E-state index contributed by atoms with van der Waals surface area (Å²) in [4.78, 5) is 16.9. The molecular formula is C24H24ClN3O3S2. The third-order valence-corrected chi connectivity index (χ3v) is 8.52. The van der Waals surface area contributed by atoms with E-state index >= 15 is 0 Å². The largest absolute Gasteiger partial charge is 0.347 e. The van der Waals surface area contributed by atoms with Gasteiger partial charge in [0.25, 0.3) is 15.9 Å². The normalized spacial score (nSPS) is 21.5. The van der Waals surface area contributed by atoms with E-state index in [-0.39, 0.29) is 21.4 Å². The first-order valence-electron chi connectivity index (χ1n) is 10.4. The molecule has 2 heterocycles. The number of fused-ring (bicyclic) bond motifs is 1. The number of likely N-dealkylation sites (N-methyl/N-ethyl adjacent to an activating group) is 2. The van der Waals surface area contributed by atoms with Gasteiger partial charge in [0.2, 0.25) is 0 Å². The van der Waals surface area contributed by atoms with Crippen LogP contribution in [0.2, 0.25) is 5.02 Å². The van der Waals surface area contributed by atoms with Gasteiger partial charge in [0, 0.05) is 35.4 Å². The Labute approximate surface area is 203 Å². The maximum absolute atomic E-state index is 13.0. The first-order valence-corrected chi connectivity index (χ1v) is 13.1. The number of carbonyl (C=O) groups is 1. The van der Waals surface area contributed by atoms with Crippen molar-refractivity contribution in [3.05, 3.63) is 81.9 Å². The van der Waals surface area contributed by atoms with Crippen LogP contribution in [-0.4, -0.2) is 38.0 Å². The summed E-state index contributed by atoms with van der Waals surface area (Å²) in [6.45, 7) is 6.39. The maximum Gasteiger partial charge on any atom is 0.284 e. The number of halogens is 1. The Morgan fingerprint density at radius 3 is 2.39 bits per heavy atom. The van der Waals surface area contributed by atoms with E-state index in [1.54, 1.807) is 13.0 Å². The second kappa shape index (κ2) is 8.66. The standard InChI is InChI=1S/C24H24ClN3O3S2/c1-5-28-22(29)20(32-23(28)26-33(30,31)17-12-10-16(25)11-13-17)14-15-21-24(2,3)18-8-6-7-9-19(18)27(21)4/h6-15H,5H2,1-4H3/b20-14-,21-15+,26-23+. The molecule has 2 aliphatic heterocycles. The summed E-state index contributed by atoms with van der Waals surface area (Å²) in [5, 5.41) is 0.576. The number of hydrogen-bond donors (Lipinski definition) is 0. The van der Waals surface area contributed by atoms with Gasteiger partial charge in [-0.25, -0.2) is 0 Å². The number of carbonyl (C=O) groups excluding carboxylic acids is 1. The van der Waals surface area contributed by atoms with Gasteiger partial charge in [-0.3, -0.25) is 9.69 Å². The van der Waals surface area contributed by atoms with Crippen molar-refractivity contribution in [2.75, 3.05) is 18.5 Å². The highest BCUT2D eigenvalue weighted by Gasteiger charge is 2.38. The Morgan fingerprint density at radius 2 is 1.76 bits per heavy atom. The Bertz CT molecular complexity index is 1310. The Morgan fingerprint density at radius 1 is 1.09 bits per heavy atom. The Hall–Kier alpha value is -2.55. The lowest BCUT2D eigenvalue weighted by Crippen LogP contribution is -2.29. The molecule has 2 aliphatic rings. The Kier molecular flexibility index (Phi) is 6.20. The third kappa shape index (κ3) is 4.23. The van der Waals surface area contributed by atoms with Gasteiger partial charge in [-0.1, -0.05) is 43.6 Å². The quantitative estimate of drug-likeness (QED) is 0.540. The van der Waals surface area contributed by atoms with Gasteiger partial charge in [-0.05, 0) is 66.7 Å². The predicted molar refractivity (Wildman–Crippen MR) is 135 cm³/mol. The van der Waals surface area contributed by atoms with E-state index in [0.29, 0.717) is 16.5 Å². The fraction of sp³-hybridized carbons (Fsp3) is 0.250. The zero-order valence-electron chi connectivity index (χ0n) is 18.7. The van der Waals surface area contributed by atoms with Gasteiger partial charge < -0.3 is 4.90 Å². The van der Waals surface area contributed by atoms with Crippen LogP contribution in [0, 0.1) is 0 Å². The molecule has 0 N–H and O–H groups in total. The highest BCUT2D eigenvalue weighted by atomic mass is 35.5. The molecule has 1 saturated heterocycles. The van der Waals surface area contributed by atoms with E-state index in [9.17, 15) is 13.2 Å². The van der Waals surface area contributed by atoms with E-state index in [0.717, 1.165) is 23.1 Å². The summed E-state index contributed by atoms with van der Waals surface area (Å²) in [5.41, 5.74) is 3.17. The SMILES string of the molecule is CCN1C(=O)/C(=C/C=C2/N(C)c3ccccc3C2(C)C)S/C1=N/S(=O)(=O)c1ccc(Cl)cc1. The molecular weight excluding hydrogens is 478 g/mol. The number of amides is 1. The predicted octanol–water partition coefficient (Wildman–Crippen LogP) is 5.18. The number of anilines is 1. The van der Waals surface area contributed by atoms with Crippen LogP contribution in [0.4, 0.5) is 5.69 Å². The minimum atomic E-state index is -3.98. The summed E-state index contributed by atoms with van der Waals surface area (Å²) in [6.07, 6.45) is 3.69. The zero-order chi connectivity index (χ0) is 24.0. The lowest BCUT2D eigenvalue weighted by Gasteiger charge is -2.23. The Balaban J connectivity index is 1.68. The topological polar surface area (TPSA) is 70.1 Å². The van der Waals surface area contributed by atoms with Crippen molar-refractivity contribution >= 4 is 50.1 Å². The fourth-order valence-corrected chi connectivity index (χ4v) is 6.40. The molecule has 0 spiro atoms. The summed E-state index contributed by atoms with van der Waals surface area (Å²) in [6, 6.07) is 14.0. The number of hydrogen-bond acceptors (Lipinski definition) is 5.